The van der Waals surface area contributed by atoms with Gasteiger partial charge in [-0.2, -0.15) is 0 Å². The topological polar surface area (TPSA) is 0 Å². The van der Waals surface area contributed by atoms with Gasteiger partial charge in [-0.25, -0.2) is 0 Å². The van der Waals surface area contributed by atoms with Crippen molar-refractivity contribution in [2.75, 3.05) is 0 Å². The first-order chi connectivity index (χ1) is 20.3. The third-order valence-electron chi connectivity index (χ3n) is 9.21. The molecule has 0 saturated carbocycles. The fourth-order valence-corrected chi connectivity index (χ4v) is 12.0. The molecule has 42 heavy (non-hydrogen) atoms. The maximum absolute atomic E-state index is 2.48. The third-order valence-corrected chi connectivity index (χ3v) is 14.6. The lowest BCUT2D eigenvalue weighted by Crippen LogP contribution is -1.98. The summed E-state index contributed by atoms with van der Waals surface area (Å²) in [4.78, 5) is 3.13. The Morgan fingerprint density at radius 3 is 1.26 bits per heavy atom. The molecule has 6 aromatic rings. The Morgan fingerprint density at radius 1 is 0.452 bits per heavy atom. The van der Waals surface area contributed by atoms with E-state index in [-0.39, 0.29) is 0 Å². The van der Waals surface area contributed by atoms with E-state index in [1.165, 1.54) is 114 Å². The summed E-state index contributed by atoms with van der Waals surface area (Å²) in [6.07, 6.45) is 13.3. The average Bonchev–Trinajstić information content (AvgIpc) is 3.70. The molecule has 2 atom stereocenters. The Balaban J connectivity index is 1.21. The zero-order valence-electron chi connectivity index (χ0n) is 26.5. The van der Waals surface area contributed by atoms with E-state index in [2.05, 4.69) is 101 Å². The molecule has 4 heteroatoms. The fourth-order valence-electron chi connectivity index (χ4n) is 6.53. The van der Waals surface area contributed by atoms with Crippen molar-refractivity contribution in [2.24, 2.45) is 23.7 Å². The molecule has 0 saturated heterocycles. The summed E-state index contributed by atoms with van der Waals surface area (Å²) < 4.78 is 9.05. The quantitative estimate of drug-likeness (QED) is 0.112. The maximum Gasteiger partial charge on any atom is 0.0543 e. The predicted molar refractivity (Wildman–Crippen MR) is 198 cm³/mol. The molecule has 6 rings (SSSR count). The standard InChI is InChI=1S/C38H48S4/c1-23(2)9-7-11-25(5)13-17-29-21-27-15-19-31-35(33(27)39-29)41-38-32-20-16-28-22-30(40-34(28)36(32)42-37(31)38)18-14-26(6)12-8-10-24(3)4/h15-16,19-26H,7-14,17-18H2,1-6H3/t25-,26?/m0/s1. The van der Waals surface area contributed by atoms with Crippen LogP contribution in [0.5, 0.6) is 0 Å². The van der Waals surface area contributed by atoms with Gasteiger partial charge < -0.3 is 0 Å². The molecule has 0 aliphatic rings. The highest BCUT2D eigenvalue weighted by molar-refractivity contribution is 7.39. The van der Waals surface area contributed by atoms with Crippen LogP contribution in [0, 0.1) is 23.7 Å². The minimum Gasteiger partial charge on any atom is -0.139 e. The van der Waals surface area contributed by atoms with E-state index < -0.39 is 0 Å². The van der Waals surface area contributed by atoms with Gasteiger partial charge in [0.2, 0.25) is 0 Å². The van der Waals surface area contributed by atoms with Gasteiger partial charge in [0.15, 0.2) is 0 Å². The Labute approximate surface area is 269 Å². The Bertz CT molecular complexity index is 1650. The number of thiophene rings is 4. The minimum absolute atomic E-state index is 0.820. The van der Waals surface area contributed by atoms with Gasteiger partial charge in [-0.1, -0.05) is 104 Å². The van der Waals surface area contributed by atoms with Crippen LogP contribution in [0.1, 0.15) is 103 Å². The molecule has 224 valence electrons. The molecule has 0 amide bonds. The number of benzene rings is 2. The Hall–Kier alpha value is -1.46. The second-order valence-corrected chi connectivity index (χ2v) is 18.3. The van der Waals surface area contributed by atoms with E-state index in [1.807, 2.05) is 22.7 Å². The van der Waals surface area contributed by atoms with Gasteiger partial charge in [-0.05, 0) is 72.3 Å². The fraction of sp³-hybridized carbons (Fsp3) is 0.526. The first kappa shape index (κ1) is 30.6. The molecule has 0 aliphatic heterocycles. The molecule has 0 N–H and O–H groups in total. The smallest absolute Gasteiger partial charge is 0.0543 e. The van der Waals surface area contributed by atoms with Crippen molar-refractivity contribution in [3.8, 4) is 0 Å². The number of aryl methyl sites for hydroxylation is 2. The second kappa shape index (κ2) is 13.3. The largest absolute Gasteiger partial charge is 0.139 e. The van der Waals surface area contributed by atoms with Gasteiger partial charge in [0, 0.05) is 20.5 Å². The molecule has 0 radical (unpaired) electrons. The van der Waals surface area contributed by atoms with Crippen LogP contribution in [0.25, 0.3) is 49.7 Å². The van der Waals surface area contributed by atoms with Crippen molar-refractivity contribution < 1.29 is 0 Å². The van der Waals surface area contributed by atoms with Crippen molar-refractivity contribution in [1.29, 1.82) is 0 Å². The van der Waals surface area contributed by atoms with Crippen molar-refractivity contribution in [3.05, 3.63) is 46.2 Å². The predicted octanol–water partition coefficient (Wildman–Crippen LogP) is 14.5. The van der Waals surface area contributed by atoms with Crippen LogP contribution in [0.15, 0.2) is 36.4 Å². The highest BCUT2D eigenvalue weighted by atomic mass is 32.1. The van der Waals surface area contributed by atoms with Crippen LogP contribution in [0.3, 0.4) is 0 Å². The molecule has 0 nitrogen and oxygen atoms in total. The molecular weight excluding hydrogens is 585 g/mol. The minimum atomic E-state index is 0.820. The van der Waals surface area contributed by atoms with E-state index in [0.29, 0.717) is 0 Å². The molecule has 2 aromatic carbocycles. The summed E-state index contributed by atoms with van der Waals surface area (Å²) in [5.41, 5.74) is 0. The lowest BCUT2D eigenvalue weighted by atomic mass is 9.96. The third kappa shape index (κ3) is 6.63. The van der Waals surface area contributed by atoms with Gasteiger partial charge >= 0.3 is 0 Å². The molecule has 0 bridgehead atoms. The van der Waals surface area contributed by atoms with Crippen LogP contribution in [-0.4, -0.2) is 0 Å². The summed E-state index contributed by atoms with van der Waals surface area (Å²) in [5.74, 6) is 3.30. The van der Waals surface area contributed by atoms with Crippen LogP contribution >= 0.6 is 45.3 Å². The zero-order chi connectivity index (χ0) is 29.4. The molecular formula is C38H48S4. The number of hydrogen-bond donors (Lipinski definition) is 0. The van der Waals surface area contributed by atoms with Gasteiger partial charge in [0.1, 0.15) is 0 Å². The van der Waals surface area contributed by atoms with Crippen LogP contribution in [0.2, 0.25) is 0 Å². The van der Waals surface area contributed by atoms with Crippen LogP contribution < -0.4 is 0 Å². The van der Waals surface area contributed by atoms with E-state index >= 15 is 0 Å². The number of fused-ring (bicyclic) bond motifs is 9. The molecule has 1 unspecified atom stereocenters. The maximum atomic E-state index is 2.48. The van der Waals surface area contributed by atoms with Gasteiger partial charge in [-0.15, -0.1) is 45.3 Å². The Morgan fingerprint density at radius 2 is 0.857 bits per heavy atom. The normalized spacial score (nSPS) is 14.2. The van der Waals surface area contributed by atoms with Gasteiger partial charge in [-0.3, -0.25) is 0 Å². The molecule has 4 heterocycles. The summed E-state index contributed by atoms with van der Waals surface area (Å²) in [6.45, 7) is 14.3. The first-order valence-corrected chi connectivity index (χ1v) is 19.7. The van der Waals surface area contributed by atoms with Crippen molar-refractivity contribution >= 4 is 95.1 Å². The van der Waals surface area contributed by atoms with Gasteiger partial charge in [0.05, 0.1) is 28.2 Å². The van der Waals surface area contributed by atoms with E-state index in [4.69, 9.17) is 0 Å². The van der Waals surface area contributed by atoms with Crippen molar-refractivity contribution in [1.82, 2.24) is 0 Å². The summed E-state index contributed by atoms with van der Waals surface area (Å²) >= 11 is 8.20. The van der Waals surface area contributed by atoms with Crippen LogP contribution in [0.4, 0.5) is 0 Å². The summed E-state index contributed by atoms with van der Waals surface area (Å²) in [5, 5.41) is 5.83. The van der Waals surface area contributed by atoms with E-state index in [0.717, 1.165) is 23.7 Å². The zero-order valence-corrected chi connectivity index (χ0v) is 29.7. The first-order valence-electron chi connectivity index (χ1n) is 16.5. The van der Waals surface area contributed by atoms with E-state index in [1.54, 1.807) is 9.75 Å². The Kier molecular flexibility index (Phi) is 9.65. The highest BCUT2D eigenvalue weighted by Crippen LogP contribution is 2.50. The molecule has 0 fully saturated rings. The van der Waals surface area contributed by atoms with Crippen molar-refractivity contribution in [3.63, 3.8) is 0 Å². The summed E-state index contributed by atoms with van der Waals surface area (Å²) in [6, 6.07) is 14.6. The lowest BCUT2D eigenvalue weighted by Gasteiger charge is -2.11. The van der Waals surface area contributed by atoms with Gasteiger partial charge in [0.25, 0.3) is 0 Å². The molecule has 4 aromatic heterocycles. The number of rotatable bonds is 14. The van der Waals surface area contributed by atoms with Crippen molar-refractivity contribution in [2.45, 2.75) is 106 Å². The average molecular weight is 633 g/mol. The SMILES string of the molecule is CC(C)CCCC(C)CCc1cc2ccc3c(sc4c5ccc6cc(CC[C@@H](C)CCCC(C)C)sc6c5sc34)c2s1. The highest BCUT2D eigenvalue weighted by Gasteiger charge is 2.18. The second-order valence-electron chi connectivity index (χ2n) is 13.9. The molecule has 0 aliphatic carbocycles. The van der Waals surface area contributed by atoms with Crippen LogP contribution in [-0.2, 0) is 12.8 Å². The monoisotopic (exact) mass is 632 g/mol. The lowest BCUT2D eigenvalue weighted by molar-refractivity contribution is 0.437. The van der Waals surface area contributed by atoms with E-state index in [9.17, 15) is 0 Å². The number of hydrogen-bond acceptors (Lipinski definition) is 4. The summed E-state index contributed by atoms with van der Waals surface area (Å²) in [7, 11) is 0. The molecule has 0 spiro atoms.